The summed E-state index contributed by atoms with van der Waals surface area (Å²) in [5.74, 6) is -0.454. The normalized spacial score (nSPS) is 11.8. The fourth-order valence-corrected chi connectivity index (χ4v) is 1.70. The summed E-state index contributed by atoms with van der Waals surface area (Å²) in [5.41, 5.74) is 0.476. The Morgan fingerprint density at radius 1 is 1.27 bits per heavy atom. The first-order valence-corrected chi connectivity index (χ1v) is 6.63. The minimum atomic E-state index is -0.613. The van der Waals surface area contributed by atoms with Crippen LogP contribution in [0.15, 0.2) is 24.5 Å². The molecule has 0 fully saturated rings. The Labute approximate surface area is 127 Å². The standard InChI is InChI=1S/C15H17N3O4/c1-15(2,3)22-14(20)18-13-11(9-17-18)7-10(8-16-13)5-6-12(19)21-4/h5-9H,1-4H3. The van der Waals surface area contributed by atoms with Gasteiger partial charge in [-0.05, 0) is 38.5 Å². The maximum Gasteiger partial charge on any atom is 0.437 e. The fourth-order valence-electron chi connectivity index (χ4n) is 1.70. The monoisotopic (exact) mass is 303 g/mol. The lowest BCUT2D eigenvalue weighted by molar-refractivity contribution is -0.134. The topological polar surface area (TPSA) is 83.3 Å². The molecular formula is C15H17N3O4. The first-order valence-electron chi connectivity index (χ1n) is 6.63. The van der Waals surface area contributed by atoms with E-state index < -0.39 is 17.7 Å². The molecule has 0 amide bonds. The average molecular weight is 303 g/mol. The van der Waals surface area contributed by atoms with E-state index in [0.717, 1.165) is 4.68 Å². The highest BCUT2D eigenvalue weighted by molar-refractivity contribution is 5.89. The van der Waals surface area contributed by atoms with Gasteiger partial charge in [0, 0.05) is 17.7 Å². The molecule has 7 heteroatoms. The number of carbonyl (C=O) groups is 2. The number of hydrogen-bond acceptors (Lipinski definition) is 6. The molecule has 0 aromatic carbocycles. The number of methoxy groups -OCH3 is 1. The third kappa shape index (κ3) is 3.69. The molecular weight excluding hydrogens is 286 g/mol. The van der Waals surface area contributed by atoms with Gasteiger partial charge in [0.15, 0.2) is 5.65 Å². The summed E-state index contributed by atoms with van der Waals surface area (Å²) in [6.45, 7) is 5.33. The van der Waals surface area contributed by atoms with E-state index in [0.29, 0.717) is 16.6 Å². The number of pyridine rings is 1. The Kier molecular flexibility index (Phi) is 4.25. The van der Waals surface area contributed by atoms with E-state index in [2.05, 4.69) is 14.8 Å². The van der Waals surface area contributed by atoms with E-state index in [4.69, 9.17) is 4.74 Å². The zero-order valence-electron chi connectivity index (χ0n) is 12.9. The molecule has 22 heavy (non-hydrogen) atoms. The second-order valence-corrected chi connectivity index (χ2v) is 5.57. The highest BCUT2D eigenvalue weighted by Crippen LogP contribution is 2.16. The van der Waals surface area contributed by atoms with Crippen molar-refractivity contribution in [2.75, 3.05) is 7.11 Å². The van der Waals surface area contributed by atoms with Gasteiger partial charge >= 0.3 is 12.1 Å². The molecule has 0 aliphatic heterocycles. The average Bonchev–Trinajstić information content (AvgIpc) is 2.86. The predicted molar refractivity (Wildman–Crippen MR) is 80.2 cm³/mol. The van der Waals surface area contributed by atoms with E-state index in [1.165, 1.54) is 25.6 Å². The van der Waals surface area contributed by atoms with Gasteiger partial charge in [0.2, 0.25) is 0 Å². The van der Waals surface area contributed by atoms with E-state index in [9.17, 15) is 9.59 Å². The summed E-state index contributed by atoms with van der Waals surface area (Å²) >= 11 is 0. The quantitative estimate of drug-likeness (QED) is 0.625. The van der Waals surface area contributed by atoms with Crippen LogP contribution in [0, 0.1) is 0 Å². The smallest absolute Gasteiger partial charge is 0.437 e. The van der Waals surface area contributed by atoms with Crippen LogP contribution in [0.4, 0.5) is 4.79 Å². The summed E-state index contributed by atoms with van der Waals surface area (Å²) in [7, 11) is 1.30. The van der Waals surface area contributed by atoms with Crippen LogP contribution in [0.2, 0.25) is 0 Å². The maximum atomic E-state index is 12.0. The van der Waals surface area contributed by atoms with E-state index in [1.807, 2.05) is 0 Å². The number of carbonyl (C=O) groups excluding carboxylic acids is 2. The van der Waals surface area contributed by atoms with Crippen molar-refractivity contribution in [1.29, 1.82) is 0 Å². The Morgan fingerprint density at radius 2 is 2.00 bits per heavy atom. The number of fused-ring (bicyclic) bond motifs is 1. The summed E-state index contributed by atoms with van der Waals surface area (Å²) in [5, 5.41) is 4.66. The van der Waals surface area contributed by atoms with Crippen LogP contribution in [0.25, 0.3) is 17.1 Å². The van der Waals surface area contributed by atoms with Crippen LogP contribution in [0.5, 0.6) is 0 Å². The van der Waals surface area contributed by atoms with Gasteiger partial charge in [0.25, 0.3) is 0 Å². The predicted octanol–water partition coefficient (Wildman–Crippen LogP) is 2.40. The third-order valence-corrected chi connectivity index (χ3v) is 2.61. The van der Waals surface area contributed by atoms with E-state index >= 15 is 0 Å². The molecule has 0 radical (unpaired) electrons. The van der Waals surface area contributed by atoms with E-state index in [1.54, 1.807) is 32.9 Å². The molecule has 2 aromatic rings. The van der Waals surface area contributed by atoms with Crippen LogP contribution in [-0.2, 0) is 14.3 Å². The Bertz CT molecular complexity index is 741. The second-order valence-electron chi connectivity index (χ2n) is 5.57. The summed E-state index contributed by atoms with van der Waals surface area (Å²) < 4.78 is 10.9. The highest BCUT2D eigenvalue weighted by atomic mass is 16.6. The van der Waals surface area contributed by atoms with Crippen molar-refractivity contribution in [3.05, 3.63) is 30.1 Å². The van der Waals surface area contributed by atoms with Gasteiger partial charge in [-0.15, -0.1) is 4.68 Å². The van der Waals surface area contributed by atoms with Crippen molar-refractivity contribution >= 4 is 29.2 Å². The maximum absolute atomic E-state index is 12.0. The van der Waals surface area contributed by atoms with Gasteiger partial charge in [0.1, 0.15) is 5.60 Å². The Hall–Kier alpha value is -2.70. The van der Waals surface area contributed by atoms with Gasteiger partial charge < -0.3 is 9.47 Å². The fraction of sp³-hybridized carbons (Fsp3) is 0.333. The first-order chi connectivity index (χ1) is 10.3. The molecule has 2 heterocycles. The van der Waals surface area contributed by atoms with Crippen LogP contribution in [0.3, 0.4) is 0 Å². The second kappa shape index (κ2) is 5.97. The first kappa shape index (κ1) is 15.7. The van der Waals surface area contributed by atoms with Gasteiger partial charge in [-0.3, -0.25) is 0 Å². The third-order valence-electron chi connectivity index (χ3n) is 2.61. The number of rotatable bonds is 2. The summed E-state index contributed by atoms with van der Waals surface area (Å²) in [4.78, 5) is 27.3. The number of nitrogens with zero attached hydrogens (tertiary/aromatic N) is 3. The Balaban J connectivity index is 2.29. The van der Waals surface area contributed by atoms with Crippen LogP contribution >= 0.6 is 0 Å². The molecule has 0 bridgehead atoms. The molecule has 0 N–H and O–H groups in total. The number of hydrogen-bond donors (Lipinski definition) is 0. The molecule has 0 saturated carbocycles. The molecule has 7 nitrogen and oxygen atoms in total. The molecule has 2 rings (SSSR count). The highest BCUT2D eigenvalue weighted by Gasteiger charge is 2.20. The molecule has 0 aliphatic carbocycles. The minimum absolute atomic E-state index is 0.393. The number of ether oxygens (including phenoxy) is 2. The Morgan fingerprint density at radius 3 is 2.64 bits per heavy atom. The lowest BCUT2D eigenvalue weighted by Gasteiger charge is -2.18. The van der Waals surface area contributed by atoms with Gasteiger partial charge in [-0.2, -0.15) is 5.10 Å². The van der Waals surface area contributed by atoms with Crippen molar-refractivity contribution in [2.24, 2.45) is 0 Å². The number of esters is 1. The number of aromatic nitrogens is 3. The molecule has 2 aromatic heterocycles. The summed E-state index contributed by atoms with van der Waals surface area (Å²) in [6.07, 6.45) is 5.32. The summed E-state index contributed by atoms with van der Waals surface area (Å²) in [6, 6.07) is 1.76. The van der Waals surface area contributed by atoms with Crippen molar-refractivity contribution < 1.29 is 19.1 Å². The molecule has 0 spiro atoms. The van der Waals surface area contributed by atoms with Crippen LogP contribution < -0.4 is 0 Å². The van der Waals surface area contributed by atoms with Crippen molar-refractivity contribution in [2.45, 2.75) is 26.4 Å². The molecule has 0 aliphatic rings. The van der Waals surface area contributed by atoms with E-state index in [-0.39, 0.29) is 0 Å². The zero-order chi connectivity index (χ0) is 16.3. The lowest BCUT2D eigenvalue weighted by atomic mass is 10.2. The van der Waals surface area contributed by atoms with Crippen LogP contribution in [0.1, 0.15) is 26.3 Å². The van der Waals surface area contributed by atoms with Crippen LogP contribution in [-0.4, -0.2) is 39.5 Å². The van der Waals surface area contributed by atoms with Crippen molar-refractivity contribution in [1.82, 2.24) is 14.8 Å². The van der Waals surface area contributed by atoms with Gasteiger partial charge in [0.05, 0.1) is 13.3 Å². The molecule has 0 atom stereocenters. The van der Waals surface area contributed by atoms with Crippen molar-refractivity contribution in [3.63, 3.8) is 0 Å². The lowest BCUT2D eigenvalue weighted by Crippen LogP contribution is -2.27. The van der Waals surface area contributed by atoms with Gasteiger partial charge in [-0.1, -0.05) is 0 Å². The minimum Gasteiger partial charge on any atom is -0.466 e. The molecule has 0 saturated heterocycles. The SMILES string of the molecule is COC(=O)C=Cc1cnc2c(cnn2C(=O)OC(C)(C)C)c1. The molecule has 0 unspecified atom stereocenters. The zero-order valence-corrected chi connectivity index (χ0v) is 12.9. The largest absolute Gasteiger partial charge is 0.466 e. The van der Waals surface area contributed by atoms with Gasteiger partial charge in [-0.25, -0.2) is 14.6 Å². The van der Waals surface area contributed by atoms with Crippen molar-refractivity contribution in [3.8, 4) is 0 Å². The molecule has 116 valence electrons.